The van der Waals surface area contributed by atoms with E-state index >= 15 is 0 Å². The maximum atomic E-state index is 11.7. The van der Waals surface area contributed by atoms with E-state index in [4.69, 9.17) is 0 Å². The molecule has 0 saturated carbocycles. The Labute approximate surface area is 111 Å². The van der Waals surface area contributed by atoms with Crippen molar-refractivity contribution in [3.63, 3.8) is 0 Å². The smallest absolute Gasteiger partial charge is 0.252 e. The lowest BCUT2D eigenvalue weighted by Gasteiger charge is -2.21. The summed E-state index contributed by atoms with van der Waals surface area (Å²) in [5.74, 6) is 1.56. The summed E-state index contributed by atoms with van der Waals surface area (Å²) in [6.07, 6.45) is 0.755. The Bertz CT molecular complexity index is 388. The molecule has 1 aromatic heterocycles. The second-order valence-electron chi connectivity index (χ2n) is 3.85. The van der Waals surface area contributed by atoms with Gasteiger partial charge in [0.1, 0.15) is 0 Å². The highest BCUT2D eigenvalue weighted by molar-refractivity contribution is 9.11. The van der Waals surface area contributed by atoms with Crippen molar-refractivity contribution in [2.24, 2.45) is 0 Å². The van der Waals surface area contributed by atoms with Crippen molar-refractivity contribution in [3.05, 3.63) is 20.8 Å². The van der Waals surface area contributed by atoms with Gasteiger partial charge in [-0.1, -0.05) is 0 Å². The fraction of sp³-hybridized carbons (Fsp3) is 0.500. The summed E-state index contributed by atoms with van der Waals surface area (Å²) in [6.45, 7) is 0.340. The summed E-state index contributed by atoms with van der Waals surface area (Å²) in [4.78, 5) is 11.7. The Morgan fingerprint density at radius 1 is 1.69 bits per heavy atom. The molecule has 16 heavy (non-hydrogen) atoms. The lowest BCUT2D eigenvalue weighted by molar-refractivity contribution is 0.0613. The zero-order chi connectivity index (χ0) is 11.6. The molecule has 1 aliphatic rings. The number of rotatable bonds is 3. The van der Waals surface area contributed by atoms with Gasteiger partial charge >= 0.3 is 0 Å². The summed E-state index contributed by atoms with van der Waals surface area (Å²) in [5.41, 5.74) is -0.0701. The molecule has 1 atom stereocenters. The largest absolute Gasteiger partial charge is 0.387 e. The number of nitrogens with one attached hydrogen (secondary N) is 1. The van der Waals surface area contributed by atoms with Crippen LogP contribution in [-0.4, -0.2) is 34.7 Å². The van der Waals surface area contributed by atoms with Gasteiger partial charge in [0.05, 0.1) is 15.0 Å². The Morgan fingerprint density at radius 3 is 3.06 bits per heavy atom. The lowest BCUT2D eigenvalue weighted by atomic mass is 10.0. The Hall–Kier alpha value is -0.0400. The van der Waals surface area contributed by atoms with Gasteiger partial charge in [-0.15, -0.1) is 11.3 Å². The van der Waals surface area contributed by atoms with Crippen LogP contribution in [0, 0.1) is 0 Å². The maximum Gasteiger partial charge on any atom is 0.252 e. The molecule has 1 unspecified atom stereocenters. The van der Waals surface area contributed by atoms with Gasteiger partial charge in [0, 0.05) is 17.7 Å². The third-order valence-electron chi connectivity index (χ3n) is 2.49. The van der Waals surface area contributed by atoms with Gasteiger partial charge < -0.3 is 10.4 Å². The quantitative estimate of drug-likeness (QED) is 0.896. The van der Waals surface area contributed by atoms with Crippen LogP contribution in [-0.2, 0) is 0 Å². The molecule has 0 aromatic carbocycles. The molecule has 2 rings (SSSR count). The number of hydrogen-bond acceptors (Lipinski definition) is 4. The van der Waals surface area contributed by atoms with E-state index in [-0.39, 0.29) is 5.91 Å². The molecule has 2 heterocycles. The van der Waals surface area contributed by atoms with Crippen LogP contribution in [0.1, 0.15) is 16.8 Å². The summed E-state index contributed by atoms with van der Waals surface area (Å²) in [5, 5.41) is 14.6. The standard InChI is InChI=1S/C10H12BrNO2S2/c11-8-3-7(4-16-8)9(13)12-5-10(14)1-2-15-6-10/h3-4,14H,1-2,5-6H2,(H,12,13). The van der Waals surface area contributed by atoms with Crippen molar-refractivity contribution in [2.45, 2.75) is 12.0 Å². The van der Waals surface area contributed by atoms with Gasteiger partial charge in [0.15, 0.2) is 0 Å². The van der Waals surface area contributed by atoms with Gasteiger partial charge in [-0.05, 0) is 34.2 Å². The number of thiophene rings is 1. The molecular weight excluding hydrogens is 310 g/mol. The number of hydrogen-bond donors (Lipinski definition) is 2. The van der Waals surface area contributed by atoms with Gasteiger partial charge in [0.25, 0.3) is 5.91 Å². The highest BCUT2D eigenvalue weighted by Gasteiger charge is 2.32. The monoisotopic (exact) mass is 321 g/mol. The highest BCUT2D eigenvalue weighted by atomic mass is 79.9. The zero-order valence-corrected chi connectivity index (χ0v) is 11.8. The first kappa shape index (κ1) is 12.4. The van der Waals surface area contributed by atoms with Gasteiger partial charge in [-0.25, -0.2) is 0 Å². The number of halogens is 1. The van der Waals surface area contributed by atoms with Crippen LogP contribution in [0.5, 0.6) is 0 Å². The van der Waals surface area contributed by atoms with E-state index in [1.165, 1.54) is 11.3 Å². The van der Waals surface area contributed by atoms with Gasteiger partial charge in [0.2, 0.25) is 0 Å². The van der Waals surface area contributed by atoms with Crippen LogP contribution >= 0.6 is 39.0 Å². The molecule has 0 aliphatic carbocycles. The summed E-state index contributed by atoms with van der Waals surface area (Å²) in [7, 11) is 0. The molecule has 6 heteroatoms. The Kier molecular flexibility index (Phi) is 3.94. The first-order chi connectivity index (χ1) is 7.59. The van der Waals surface area contributed by atoms with Crippen molar-refractivity contribution in [1.29, 1.82) is 0 Å². The average molecular weight is 322 g/mol. The maximum absolute atomic E-state index is 11.7. The molecule has 0 bridgehead atoms. The molecule has 1 amide bonds. The molecule has 0 radical (unpaired) electrons. The van der Waals surface area contributed by atoms with Gasteiger partial charge in [-0.3, -0.25) is 4.79 Å². The molecule has 1 saturated heterocycles. The van der Waals surface area contributed by atoms with E-state index in [0.29, 0.717) is 17.9 Å². The van der Waals surface area contributed by atoms with E-state index in [0.717, 1.165) is 16.0 Å². The fourth-order valence-corrected chi connectivity index (χ4v) is 3.94. The zero-order valence-electron chi connectivity index (χ0n) is 8.53. The molecular formula is C10H12BrNO2S2. The van der Waals surface area contributed by atoms with Crippen LogP contribution in [0.4, 0.5) is 0 Å². The summed E-state index contributed by atoms with van der Waals surface area (Å²) < 4.78 is 0.938. The van der Waals surface area contributed by atoms with Crippen LogP contribution in [0.25, 0.3) is 0 Å². The second-order valence-corrected chi connectivity index (χ2v) is 7.24. The molecule has 1 aliphatic heterocycles. The molecule has 1 aromatic rings. The Morgan fingerprint density at radius 2 is 2.50 bits per heavy atom. The van der Waals surface area contributed by atoms with Crippen LogP contribution in [0.15, 0.2) is 15.2 Å². The highest BCUT2D eigenvalue weighted by Crippen LogP contribution is 2.27. The third-order valence-corrected chi connectivity index (χ3v) is 5.23. The van der Waals surface area contributed by atoms with Crippen molar-refractivity contribution < 1.29 is 9.90 Å². The molecule has 1 fully saturated rings. The van der Waals surface area contributed by atoms with E-state index < -0.39 is 5.60 Å². The molecule has 0 spiro atoms. The van der Waals surface area contributed by atoms with E-state index in [1.54, 1.807) is 23.2 Å². The number of aliphatic hydroxyl groups is 1. The predicted octanol–water partition coefficient (Wildman–Crippen LogP) is 2.11. The topological polar surface area (TPSA) is 49.3 Å². The van der Waals surface area contributed by atoms with E-state index in [2.05, 4.69) is 21.2 Å². The SMILES string of the molecule is O=C(NCC1(O)CCSC1)c1csc(Br)c1. The fourth-order valence-electron chi connectivity index (χ4n) is 1.51. The first-order valence-electron chi connectivity index (χ1n) is 4.91. The van der Waals surface area contributed by atoms with Crippen molar-refractivity contribution in [2.75, 3.05) is 18.1 Å². The normalized spacial score (nSPS) is 24.6. The first-order valence-corrected chi connectivity index (χ1v) is 7.74. The third kappa shape index (κ3) is 3.00. The minimum Gasteiger partial charge on any atom is -0.387 e. The summed E-state index contributed by atoms with van der Waals surface area (Å²) >= 11 is 6.52. The molecule has 88 valence electrons. The average Bonchev–Trinajstić information content (AvgIpc) is 2.85. The minimum absolute atomic E-state index is 0.118. The van der Waals surface area contributed by atoms with Crippen molar-refractivity contribution in [3.8, 4) is 0 Å². The van der Waals surface area contributed by atoms with Crippen LogP contribution in [0.3, 0.4) is 0 Å². The van der Waals surface area contributed by atoms with E-state index in [9.17, 15) is 9.90 Å². The number of thioether (sulfide) groups is 1. The van der Waals surface area contributed by atoms with Gasteiger partial charge in [-0.2, -0.15) is 11.8 Å². The molecule has 2 N–H and O–H groups in total. The number of carbonyl (C=O) groups excluding carboxylic acids is 1. The van der Waals surface area contributed by atoms with Crippen molar-refractivity contribution in [1.82, 2.24) is 5.32 Å². The number of carbonyl (C=O) groups is 1. The van der Waals surface area contributed by atoms with Crippen LogP contribution < -0.4 is 5.32 Å². The second kappa shape index (κ2) is 5.08. The minimum atomic E-state index is -0.715. The van der Waals surface area contributed by atoms with Crippen LogP contribution in [0.2, 0.25) is 0 Å². The summed E-state index contributed by atoms with van der Waals surface area (Å²) in [6, 6.07) is 1.79. The Balaban J connectivity index is 1.88. The molecule has 3 nitrogen and oxygen atoms in total. The number of amides is 1. The van der Waals surface area contributed by atoms with Crippen molar-refractivity contribution >= 4 is 44.9 Å². The predicted molar refractivity (Wildman–Crippen MR) is 71.2 cm³/mol. The lowest BCUT2D eigenvalue weighted by Crippen LogP contribution is -2.42. The van der Waals surface area contributed by atoms with E-state index in [1.807, 2.05) is 0 Å².